The Labute approximate surface area is 76.1 Å². The first-order valence-electron chi connectivity index (χ1n) is 5.07. The van der Waals surface area contributed by atoms with Gasteiger partial charge in [0.2, 0.25) is 0 Å². The van der Waals surface area contributed by atoms with Crippen molar-refractivity contribution in [2.45, 2.75) is 33.2 Å². The predicted molar refractivity (Wildman–Crippen MR) is 53.0 cm³/mol. The van der Waals surface area contributed by atoms with Crippen LogP contribution in [0.3, 0.4) is 0 Å². The number of likely N-dealkylation sites (tertiary alicyclic amines) is 1. The number of nitrogens with two attached hydrogens (primary N) is 1. The molecular weight excluding hydrogens is 148 g/mol. The van der Waals surface area contributed by atoms with Gasteiger partial charge in [-0.25, -0.2) is 0 Å². The van der Waals surface area contributed by atoms with Gasteiger partial charge in [-0.3, -0.25) is 0 Å². The lowest BCUT2D eigenvalue weighted by molar-refractivity contribution is 0.231. The highest BCUT2D eigenvalue weighted by Crippen LogP contribution is 2.22. The quantitative estimate of drug-likeness (QED) is 0.692. The Morgan fingerprint density at radius 2 is 2.17 bits per heavy atom. The van der Waals surface area contributed by atoms with Crippen LogP contribution in [-0.4, -0.2) is 30.6 Å². The first-order chi connectivity index (χ1) is 5.63. The molecule has 0 aromatic heterocycles. The summed E-state index contributed by atoms with van der Waals surface area (Å²) in [6.45, 7) is 10.2. The van der Waals surface area contributed by atoms with E-state index in [9.17, 15) is 0 Å². The molecule has 0 aromatic rings. The van der Waals surface area contributed by atoms with Gasteiger partial charge in [-0.1, -0.05) is 13.8 Å². The second-order valence-corrected chi connectivity index (χ2v) is 4.48. The Balaban J connectivity index is 2.32. The van der Waals surface area contributed by atoms with E-state index in [4.69, 9.17) is 5.73 Å². The Morgan fingerprint density at radius 3 is 2.58 bits per heavy atom. The van der Waals surface area contributed by atoms with Gasteiger partial charge in [-0.2, -0.15) is 0 Å². The molecule has 0 saturated carbocycles. The largest absolute Gasteiger partial charge is 0.330 e. The average Bonchev–Trinajstić information content (AvgIpc) is 2.30. The molecule has 72 valence electrons. The van der Waals surface area contributed by atoms with Crippen molar-refractivity contribution in [2.24, 2.45) is 17.6 Å². The third-order valence-corrected chi connectivity index (χ3v) is 2.86. The Hall–Kier alpha value is -0.0800. The van der Waals surface area contributed by atoms with Crippen LogP contribution in [0.25, 0.3) is 0 Å². The van der Waals surface area contributed by atoms with Crippen molar-refractivity contribution in [3.63, 3.8) is 0 Å². The van der Waals surface area contributed by atoms with Crippen LogP contribution < -0.4 is 5.73 Å². The molecule has 1 fully saturated rings. The SMILES string of the molecule is CC(CN)CN1CC(C)CC1C. The fourth-order valence-corrected chi connectivity index (χ4v) is 2.12. The van der Waals surface area contributed by atoms with Gasteiger partial charge in [-0.05, 0) is 31.7 Å². The third kappa shape index (κ3) is 2.46. The lowest BCUT2D eigenvalue weighted by Crippen LogP contribution is -2.34. The molecule has 0 aliphatic carbocycles. The fourth-order valence-electron chi connectivity index (χ4n) is 2.12. The maximum absolute atomic E-state index is 5.60. The smallest absolute Gasteiger partial charge is 0.00701 e. The van der Waals surface area contributed by atoms with E-state index < -0.39 is 0 Å². The van der Waals surface area contributed by atoms with Gasteiger partial charge >= 0.3 is 0 Å². The molecule has 0 bridgehead atoms. The van der Waals surface area contributed by atoms with Gasteiger partial charge in [0.25, 0.3) is 0 Å². The van der Waals surface area contributed by atoms with E-state index in [-0.39, 0.29) is 0 Å². The molecule has 0 amide bonds. The minimum Gasteiger partial charge on any atom is -0.330 e. The number of hydrogen-bond donors (Lipinski definition) is 1. The molecule has 0 aromatic carbocycles. The average molecular weight is 170 g/mol. The van der Waals surface area contributed by atoms with E-state index in [1.165, 1.54) is 19.5 Å². The lowest BCUT2D eigenvalue weighted by atomic mass is 10.1. The molecule has 1 rings (SSSR count). The van der Waals surface area contributed by atoms with Crippen LogP contribution in [0.15, 0.2) is 0 Å². The highest BCUT2D eigenvalue weighted by Gasteiger charge is 2.26. The van der Waals surface area contributed by atoms with Gasteiger partial charge < -0.3 is 10.6 Å². The van der Waals surface area contributed by atoms with Crippen molar-refractivity contribution in [3.05, 3.63) is 0 Å². The Bertz CT molecular complexity index is 136. The van der Waals surface area contributed by atoms with Gasteiger partial charge in [0, 0.05) is 19.1 Å². The van der Waals surface area contributed by atoms with Gasteiger partial charge in [0.05, 0.1) is 0 Å². The normalized spacial score (nSPS) is 34.0. The first-order valence-corrected chi connectivity index (χ1v) is 5.07. The summed E-state index contributed by atoms with van der Waals surface area (Å²) in [6, 6.07) is 0.772. The fraction of sp³-hybridized carbons (Fsp3) is 1.00. The van der Waals surface area contributed by atoms with Gasteiger partial charge in [0.15, 0.2) is 0 Å². The van der Waals surface area contributed by atoms with Crippen molar-refractivity contribution >= 4 is 0 Å². The van der Waals surface area contributed by atoms with E-state index in [0.29, 0.717) is 5.92 Å². The van der Waals surface area contributed by atoms with Crippen LogP contribution in [0.2, 0.25) is 0 Å². The van der Waals surface area contributed by atoms with Crippen LogP contribution >= 0.6 is 0 Å². The monoisotopic (exact) mass is 170 g/mol. The summed E-state index contributed by atoms with van der Waals surface area (Å²) in [5.41, 5.74) is 5.60. The van der Waals surface area contributed by atoms with Crippen LogP contribution in [-0.2, 0) is 0 Å². The summed E-state index contributed by atoms with van der Waals surface area (Å²) in [5, 5.41) is 0. The highest BCUT2D eigenvalue weighted by molar-refractivity contribution is 4.80. The molecule has 3 unspecified atom stereocenters. The molecule has 0 radical (unpaired) electrons. The summed E-state index contributed by atoms with van der Waals surface area (Å²) in [6.07, 6.45) is 1.36. The maximum atomic E-state index is 5.60. The predicted octanol–water partition coefficient (Wildman–Crippen LogP) is 1.31. The van der Waals surface area contributed by atoms with Crippen molar-refractivity contribution in [1.29, 1.82) is 0 Å². The van der Waals surface area contributed by atoms with E-state index in [0.717, 1.165) is 18.5 Å². The van der Waals surface area contributed by atoms with E-state index in [1.54, 1.807) is 0 Å². The molecule has 1 saturated heterocycles. The number of nitrogens with zero attached hydrogens (tertiary/aromatic N) is 1. The van der Waals surface area contributed by atoms with Crippen LogP contribution in [0, 0.1) is 11.8 Å². The number of rotatable bonds is 3. The molecule has 1 aliphatic heterocycles. The van der Waals surface area contributed by atoms with Crippen molar-refractivity contribution in [3.8, 4) is 0 Å². The lowest BCUT2D eigenvalue weighted by Gasteiger charge is -2.24. The molecule has 2 heteroatoms. The summed E-state index contributed by atoms with van der Waals surface area (Å²) >= 11 is 0. The second kappa shape index (κ2) is 4.24. The molecule has 3 atom stereocenters. The maximum Gasteiger partial charge on any atom is 0.00701 e. The number of hydrogen-bond acceptors (Lipinski definition) is 2. The Kier molecular flexibility index (Phi) is 3.53. The summed E-state index contributed by atoms with van der Waals surface area (Å²) in [5.74, 6) is 1.53. The minimum absolute atomic E-state index is 0.651. The second-order valence-electron chi connectivity index (χ2n) is 4.48. The zero-order valence-corrected chi connectivity index (χ0v) is 8.59. The van der Waals surface area contributed by atoms with Crippen LogP contribution in [0.5, 0.6) is 0 Å². The molecule has 2 nitrogen and oxygen atoms in total. The Morgan fingerprint density at radius 1 is 1.50 bits per heavy atom. The van der Waals surface area contributed by atoms with Gasteiger partial charge in [0.1, 0.15) is 0 Å². The van der Waals surface area contributed by atoms with E-state index in [2.05, 4.69) is 25.7 Å². The first kappa shape index (κ1) is 10.0. The van der Waals surface area contributed by atoms with Crippen LogP contribution in [0.4, 0.5) is 0 Å². The summed E-state index contributed by atoms with van der Waals surface area (Å²) in [4.78, 5) is 2.57. The van der Waals surface area contributed by atoms with E-state index in [1.807, 2.05) is 0 Å². The van der Waals surface area contributed by atoms with Crippen molar-refractivity contribution in [2.75, 3.05) is 19.6 Å². The van der Waals surface area contributed by atoms with Crippen LogP contribution in [0.1, 0.15) is 27.2 Å². The molecule has 1 aliphatic rings. The molecule has 2 N–H and O–H groups in total. The molecule has 1 heterocycles. The van der Waals surface area contributed by atoms with Gasteiger partial charge in [-0.15, -0.1) is 0 Å². The third-order valence-electron chi connectivity index (χ3n) is 2.86. The summed E-state index contributed by atoms with van der Waals surface area (Å²) in [7, 11) is 0. The van der Waals surface area contributed by atoms with Crippen molar-refractivity contribution in [1.82, 2.24) is 4.90 Å². The summed E-state index contributed by atoms with van der Waals surface area (Å²) < 4.78 is 0. The van der Waals surface area contributed by atoms with Crippen molar-refractivity contribution < 1.29 is 0 Å². The highest BCUT2D eigenvalue weighted by atomic mass is 15.2. The minimum atomic E-state index is 0.651. The molecule has 12 heavy (non-hydrogen) atoms. The molecule has 0 spiro atoms. The standard InChI is InChI=1S/C10H22N2/c1-8-4-10(3)12(6-8)7-9(2)5-11/h8-10H,4-7,11H2,1-3H3. The zero-order chi connectivity index (χ0) is 9.14. The molecular formula is C10H22N2. The van der Waals surface area contributed by atoms with E-state index >= 15 is 0 Å². The topological polar surface area (TPSA) is 29.3 Å². The zero-order valence-electron chi connectivity index (χ0n) is 8.59.